The molecule has 118 valence electrons. The molecule has 0 unspecified atom stereocenters. The molecule has 23 heavy (non-hydrogen) atoms. The molecule has 3 heterocycles. The van der Waals surface area contributed by atoms with Gasteiger partial charge in [0.05, 0.1) is 11.8 Å². The molecule has 5 heteroatoms. The van der Waals surface area contributed by atoms with Gasteiger partial charge < -0.3 is 13.9 Å². The number of hydrogen-bond donors (Lipinski definition) is 0. The molecule has 1 aliphatic heterocycles. The maximum atomic E-state index is 12.9. The Kier molecular flexibility index (Phi) is 3.87. The van der Waals surface area contributed by atoms with Gasteiger partial charge in [-0.25, -0.2) is 0 Å². The average Bonchev–Trinajstić information content (AvgIpc) is 3.19. The highest BCUT2D eigenvalue weighted by molar-refractivity contribution is 7.99. The van der Waals surface area contributed by atoms with Crippen LogP contribution in [-0.4, -0.2) is 40.0 Å². The summed E-state index contributed by atoms with van der Waals surface area (Å²) in [6, 6.07) is 14.0. The van der Waals surface area contributed by atoms with E-state index in [0.29, 0.717) is 6.54 Å². The normalized spacial score (nSPS) is 15.2. The minimum atomic E-state index is 0.104. The van der Waals surface area contributed by atoms with Gasteiger partial charge in [0.1, 0.15) is 5.69 Å². The van der Waals surface area contributed by atoms with Crippen molar-refractivity contribution in [3.05, 3.63) is 60.0 Å². The lowest BCUT2D eigenvalue weighted by Crippen LogP contribution is -2.38. The van der Waals surface area contributed by atoms with Crippen molar-refractivity contribution in [3.63, 3.8) is 0 Å². The Morgan fingerprint density at radius 2 is 1.91 bits per heavy atom. The van der Waals surface area contributed by atoms with Crippen molar-refractivity contribution in [2.75, 3.05) is 24.6 Å². The molecule has 4 nitrogen and oxygen atoms in total. The third-order valence-electron chi connectivity index (χ3n) is 4.22. The lowest BCUT2D eigenvalue weighted by atomic mass is 10.2. The van der Waals surface area contributed by atoms with Gasteiger partial charge in [-0.3, -0.25) is 4.79 Å². The number of amides is 1. The third-order valence-corrected chi connectivity index (χ3v) is 5.17. The highest BCUT2D eigenvalue weighted by Crippen LogP contribution is 2.24. The molecule has 4 rings (SSSR count). The number of carbonyl (C=O) groups excluding carboxylic acids is 1. The van der Waals surface area contributed by atoms with Crippen LogP contribution in [0.1, 0.15) is 16.1 Å². The summed E-state index contributed by atoms with van der Waals surface area (Å²) in [6.07, 6.45) is 1.68. The van der Waals surface area contributed by atoms with Crippen LogP contribution in [0.15, 0.2) is 53.1 Å². The second-order valence-corrected chi connectivity index (χ2v) is 6.90. The second kappa shape index (κ2) is 6.16. The molecular weight excluding hydrogens is 308 g/mol. The topological polar surface area (TPSA) is 38.4 Å². The van der Waals surface area contributed by atoms with E-state index in [-0.39, 0.29) is 5.91 Å². The number of carbonyl (C=O) groups is 1. The van der Waals surface area contributed by atoms with Crippen molar-refractivity contribution in [3.8, 4) is 0 Å². The van der Waals surface area contributed by atoms with Crippen molar-refractivity contribution < 1.29 is 9.21 Å². The van der Waals surface area contributed by atoms with Crippen molar-refractivity contribution in [2.45, 2.75) is 6.54 Å². The number of thioether (sulfide) groups is 1. The first kappa shape index (κ1) is 14.5. The molecule has 1 aromatic carbocycles. The number of benzene rings is 1. The number of hydrogen-bond acceptors (Lipinski definition) is 3. The Morgan fingerprint density at radius 3 is 2.70 bits per heavy atom. The summed E-state index contributed by atoms with van der Waals surface area (Å²) < 4.78 is 7.59. The summed E-state index contributed by atoms with van der Waals surface area (Å²) in [4.78, 5) is 14.9. The SMILES string of the molecule is O=C(c1cc2occc2n1Cc1ccccc1)N1CCSCC1. The quantitative estimate of drug-likeness (QED) is 0.740. The fourth-order valence-electron chi connectivity index (χ4n) is 3.02. The zero-order valence-electron chi connectivity index (χ0n) is 12.8. The predicted octanol–water partition coefficient (Wildman–Crippen LogP) is 3.47. The summed E-state index contributed by atoms with van der Waals surface area (Å²) in [5.74, 6) is 2.13. The Labute approximate surface area is 139 Å². The minimum absolute atomic E-state index is 0.104. The van der Waals surface area contributed by atoms with Crippen LogP contribution in [-0.2, 0) is 6.54 Å². The summed E-state index contributed by atoms with van der Waals surface area (Å²) in [7, 11) is 0. The van der Waals surface area contributed by atoms with Gasteiger partial charge in [0.25, 0.3) is 5.91 Å². The Hall–Kier alpha value is -2.14. The standard InChI is InChI=1S/C18H18N2O2S/c21-18(19-7-10-23-11-8-19)16-12-17-15(6-9-22-17)20(16)13-14-4-2-1-3-5-14/h1-6,9,12H,7-8,10-11,13H2. The first-order valence-corrected chi connectivity index (χ1v) is 8.96. The molecule has 0 radical (unpaired) electrons. The Morgan fingerprint density at radius 1 is 1.13 bits per heavy atom. The number of rotatable bonds is 3. The number of nitrogens with zero attached hydrogens (tertiary/aromatic N) is 2. The average molecular weight is 326 g/mol. The molecule has 0 N–H and O–H groups in total. The monoisotopic (exact) mass is 326 g/mol. The van der Waals surface area contributed by atoms with Gasteiger partial charge in [-0.05, 0) is 5.56 Å². The molecule has 1 amide bonds. The van der Waals surface area contributed by atoms with Crippen molar-refractivity contribution in [2.24, 2.45) is 0 Å². The van der Waals surface area contributed by atoms with E-state index in [9.17, 15) is 4.79 Å². The van der Waals surface area contributed by atoms with Crippen LogP contribution in [0.3, 0.4) is 0 Å². The van der Waals surface area contributed by atoms with Gasteiger partial charge >= 0.3 is 0 Å². The van der Waals surface area contributed by atoms with Gasteiger partial charge in [0.2, 0.25) is 0 Å². The summed E-state index contributed by atoms with van der Waals surface area (Å²) >= 11 is 1.91. The zero-order valence-corrected chi connectivity index (χ0v) is 13.6. The summed E-state index contributed by atoms with van der Waals surface area (Å²) in [5, 5.41) is 0. The van der Waals surface area contributed by atoms with E-state index in [1.165, 1.54) is 5.56 Å². The number of furan rings is 1. The molecule has 1 aliphatic rings. The Bertz CT molecular complexity index is 816. The first-order valence-electron chi connectivity index (χ1n) is 7.80. The highest BCUT2D eigenvalue weighted by Gasteiger charge is 2.24. The number of aromatic nitrogens is 1. The van der Waals surface area contributed by atoms with E-state index in [4.69, 9.17) is 4.42 Å². The van der Waals surface area contributed by atoms with E-state index in [1.807, 2.05) is 47.0 Å². The summed E-state index contributed by atoms with van der Waals surface area (Å²) in [5.41, 5.74) is 3.64. The molecule has 2 aromatic heterocycles. The lowest BCUT2D eigenvalue weighted by Gasteiger charge is -2.26. The molecule has 0 saturated carbocycles. The van der Waals surface area contributed by atoms with Gasteiger partial charge in [-0.2, -0.15) is 11.8 Å². The minimum Gasteiger partial charge on any atom is -0.463 e. The van der Waals surface area contributed by atoms with Crippen LogP contribution in [0.4, 0.5) is 0 Å². The molecule has 0 bridgehead atoms. The fraction of sp³-hybridized carbons (Fsp3) is 0.278. The molecule has 0 atom stereocenters. The first-order chi connectivity index (χ1) is 11.3. The molecule has 1 saturated heterocycles. The maximum absolute atomic E-state index is 12.9. The predicted molar refractivity (Wildman–Crippen MR) is 93.0 cm³/mol. The highest BCUT2D eigenvalue weighted by atomic mass is 32.2. The van der Waals surface area contributed by atoms with Gasteiger partial charge in [0.15, 0.2) is 5.58 Å². The van der Waals surface area contributed by atoms with E-state index in [0.717, 1.165) is 41.4 Å². The number of fused-ring (bicyclic) bond motifs is 1. The van der Waals surface area contributed by atoms with Crippen LogP contribution in [0.5, 0.6) is 0 Å². The fourth-order valence-corrected chi connectivity index (χ4v) is 3.92. The molecule has 0 aliphatic carbocycles. The van der Waals surface area contributed by atoms with Crippen LogP contribution in [0, 0.1) is 0 Å². The van der Waals surface area contributed by atoms with E-state index < -0.39 is 0 Å². The molecular formula is C18H18N2O2S. The van der Waals surface area contributed by atoms with Gasteiger partial charge in [-0.15, -0.1) is 0 Å². The van der Waals surface area contributed by atoms with E-state index >= 15 is 0 Å². The van der Waals surface area contributed by atoms with Crippen LogP contribution in [0.2, 0.25) is 0 Å². The van der Waals surface area contributed by atoms with Gasteiger partial charge in [0, 0.05) is 43.3 Å². The van der Waals surface area contributed by atoms with Crippen molar-refractivity contribution in [1.29, 1.82) is 0 Å². The third kappa shape index (κ3) is 2.77. The summed E-state index contributed by atoms with van der Waals surface area (Å²) in [6.45, 7) is 2.32. The molecule has 1 fully saturated rings. The van der Waals surface area contributed by atoms with Crippen LogP contribution < -0.4 is 0 Å². The van der Waals surface area contributed by atoms with Crippen molar-refractivity contribution >= 4 is 28.8 Å². The largest absolute Gasteiger partial charge is 0.463 e. The van der Waals surface area contributed by atoms with E-state index in [2.05, 4.69) is 16.7 Å². The zero-order chi connectivity index (χ0) is 15.6. The Balaban J connectivity index is 1.72. The van der Waals surface area contributed by atoms with E-state index in [1.54, 1.807) is 6.26 Å². The smallest absolute Gasteiger partial charge is 0.270 e. The van der Waals surface area contributed by atoms with Gasteiger partial charge in [-0.1, -0.05) is 30.3 Å². The maximum Gasteiger partial charge on any atom is 0.270 e. The van der Waals surface area contributed by atoms with Crippen LogP contribution >= 0.6 is 11.8 Å². The lowest BCUT2D eigenvalue weighted by molar-refractivity contribution is 0.0762. The second-order valence-electron chi connectivity index (χ2n) is 5.68. The molecule has 3 aromatic rings. The van der Waals surface area contributed by atoms with Crippen LogP contribution in [0.25, 0.3) is 11.1 Å². The molecule has 0 spiro atoms. The van der Waals surface area contributed by atoms with Crippen molar-refractivity contribution in [1.82, 2.24) is 9.47 Å².